The lowest BCUT2D eigenvalue weighted by Gasteiger charge is -2.24. The van der Waals surface area contributed by atoms with Gasteiger partial charge in [0.1, 0.15) is 4.90 Å². The molecule has 1 amide bonds. The quantitative estimate of drug-likeness (QED) is 0.582. The highest BCUT2D eigenvalue weighted by Crippen LogP contribution is 2.24. The Morgan fingerprint density at radius 3 is 2.72 bits per heavy atom. The van der Waals surface area contributed by atoms with Crippen molar-refractivity contribution in [3.63, 3.8) is 0 Å². The lowest BCUT2D eigenvalue weighted by Crippen LogP contribution is -2.37. The van der Waals surface area contributed by atoms with Gasteiger partial charge >= 0.3 is 5.97 Å². The maximum atomic E-state index is 12.9. The highest BCUT2D eigenvalue weighted by Gasteiger charge is 2.26. The number of carbonyl (C=O) groups is 2. The van der Waals surface area contributed by atoms with Crippen molar-refractivity contribution >= 4 is 33.5 Å². The van der Waals surface area contributed by atoms with E-state index in [9.17, 15) is 18.0 Å². The number of halogens is 1. The fraction of sp³-hybridized carbons (Fsp3) is 0.579. The first kappa shape index (κ1) is 23.6. The smallest absolute Gasteiger partial charge is 0.310 e. The third kappa shape index (κ3) is 6.15. The van der Waals surface area contributed by atoms with Crippen LogP contribution in [0.3, 0.4) is 0 Å². The summed E-state index contributed by atoms with van der Waals surface area (Å²) in [5.74, 6) is -1.32. The number of rotatable bonds is 9. The second kappa shape index (κ2) is 10.4. The molecule has 1 saturated heterocycles. The van der Waals surface area contributed by atoms with Gasteiger partial charge in [-0.1, -0.05) is 18.5 Å². The first-order chi connectivity index (χ1) is 13.7. The molecule has 1 aliphatic rings. The SMILES string of the molecule is CCN(CC(C)C(=O)OC)C(=O)c1ccc(Cl)c(S(=O)(=O)NCC2CCCO2)c1. The van der Waals surface area contributed by atoms with Crippen LogP contribution in [-0.2, 0) is 24.3 Å². The molecule has 0 aliphatic carbocycles. The van der Waals surface area contributed by atoms with Gasteiger partial charge in [-0.15, -0.1) is 0 Å². The number of amides is 1. The van der Waals surface area contributed by atoms with Gasteiger partial charge < -0.3 is 14.4 Å². The maximum absolute atomic E-state index is 12.9. The Morgan fingerprint density at radius 2 is 2.14 bits per heavy atom. The van der Waals surface area contributed by atoms with Crippen molar-refractivity contribution in [1.29, 1.82) is 0 Å². The molecule has 2 atom stereocenters. The minimum atomic E-state index is -3.91. The molecule has 1 aromatic carbocycles. The molecule has 1 heterocycles. The van der Waals surface area contributed by atoms with Crippen molar-refractivity contribution in [2.24, 2.45) is 5.92 Å². The molecule has 0 spiro atoms. The van der Waals surface area contributed by atoms with Gasteiger partial charge in [0.2, 0.25) is 10.0 Å². The van der Waals surface area contributed by atoms with Crippen LogP contribution in [0.4, 0.5) is 0 Å². The maximum Gasteiger partial charge on any atom is 0.310 e. The Bertz CT molecular complexity index is 839. The van der Waals surface area contributed by atoms with Gasteiger partial charge in [-0.3, -0.25) is 9.59 Å². The van der Waals surface area contributed by atoms with Gasteiger partial charge in [0.15, 0.2) is 0 Å². The van der Waals surface area contributed by atoms with E-state index in [2.05, 4.69) is 4.72 Å². The summed E-state index contributed by atoms with van der Waals surface area (Å²) >= 11 is 6.10. The van der Waals surface area contributed by atoms with Crippen LogP contribution in [0.5, 0.6) is 0 Å². The Labute approximate surface area is 176 Å². The molecule has 0 aromatic heterocycles. The number of carbonyl (C=O) groups excluding carboxylic acids is 2. The molecule has 1 aliphatic heterocycles. The van der Waals surface area contributed by atoms with Gasteiger partial charge in [0.25, 0.3) is 5.91 Å². The van der Waals surface area contributed by atoms with Crippen molar-refractivity contribution in [2.75, 3.05) is 33.4 Å². The predicted molar refractivity (Wildman–Crippen MR) is 108 cm³/mol. The van der Waals surface area contributed by atoms with E-state index < -0.39 is 27.8 Å². The number of hydrogen-bond donors (Lipinski definition) is 1. The molecule has 1 fully saturated rings. The molecular weight excluding hydrogens is 420 g/mol. The molecule has 2 rings (SSSR count). The molecule has 0 bridgehead atoms. The van der Waals surface area contributed by atoms with Crippen LogP contribution in [-0.4, -0.2) is 64.6 Å². The summed E-state index contributed by atoms with van der Waals surface area (Å²) in [6, 6.07) is 4.11. The van der Waals surface area contributed by atoms with Crippen molar-refractivity contribution in [3.05, 3.63) is 28.8 Å². The molecule has 1 N–H and O–H groups in total. The van der Waals surface area contributed by atoms with Crippen molar-refractivity contribution < 1.29 is 27.5 Å². The summed E-state index contributed by atoms with van der Waals surface area (Å²) in [6.45, 7) is 4.71. The van der Waals surface area contributed by atoms with E-state index in [-0.39, 0.29) is 34.7 Å². The zero-order chi connectivity index (χ0) is 21.6. The lowest BCUT2D eigenvalue weighted by atomic mass is 10.1. The number of nitrogens with zero attached hydrogens (tertiary/aromatic N) is 1. The minimum Gasteiger partial charge on any atom is -0.469 e. The van der Waals surface area contributed by atoms with E-state index in [1.165, 1.54) is 30.2 Å². The van der Waals surface area contributed by atoms with E-state index in [0.717, 1.165) is 12.8 Å². The molecule has 10 heteroatoms. The number of hydrogen-bond acceptors (Lipinski definition) is 6. The summed E-state index contributed by atoms with van der Waals surface area (Å²) < 4.78 is 38.0. The molecule has 0 saturated carbocycles. The zero-order valence-corrected chi connectivity index (χ0v) is 18.4. The van der Waals surface area contributed by atoms with Crippen molar-refractivity contribution in [2.45, 2.75) is 37.7 Å². The first-order valence-electron chi connectivity index (χ1n) is 9.47. The van der Waals surface area contributed by atoms with Crippen LogP contribution in [0, 0.1) is 5.92 Å². The summed E-state index contributed by atoms with van der Waals surface area (Å²) in [5, 5.41) is 0.0207. The van der Waals surface area contributed by atoms with Gasteiger partial charge in [-0.2, -0.15) is 0 Å². The fourth-order valence-electron chi connectivity index (χ4n) is 3.07. The summed E-state index contributed by atoms with van der Waals surface area (Å²) in [6.07, 6.45) is 1.52. The summed E-state index contributed by atoms with van der Waals surface area (Å²) in [4.78, 5) is 25.8. The van der Waals surface area contributed by atoms with Gasteiger partial charge in [0.05, 0.1) is 24.2 Å². The van der Waals surface area contributed by atoms with Gasteiger partial charge in [-0.05, 0) is 38.0 Å². The van der Waals surface area contributed by atoms with Crippen LogP contribution >= 0.6 is 11.6 Å². The number of nitrogens with one attached hydrogen (secondary N) is 1. The zero-order valence-electron chi connectivity index (χ0n) is 16.8. The molecule has 29 heavy (non-hydrogen) atoms. The monoisotopic (exact) mass is 446 g/mol. The fourth-order valence-corrected chi connectivity index (χ4v) is 4.66. The Kier molecular flexibility index (Phi) is 8.45. The van der Waals surface area contributed by atoms with Crippen LogP contribution in [0.15, 0.2) is 23.1 Å². The lowest BCUT2D eigenvalue weighted by molar-refractivity contribution is -0.145. The Balaban J connectivity index is 2.19. The molecule has 1 aromatic rings. The molecule has 8 nitrogen and oxygen atoms in total. The number of sulfonamides is 1. The van der Waals surface area contributed by atoms with E-state index >= 15 is 0 Å². The number of methoxy groups -OCH3 is 1. The van der Waals surface area contributed by atoms with E-state index in [1.807, 2.05) is 0 Å². The topological polar surface area (TPSA) is 102 Å². The summed E-state index contributed by atoms with van der Waals surface area (Å²) in [5.41, 5.74) is 0.172. The average Bonchev–Trinajstić information content (AvgIpc) is 3.23. The second-order valence-corrected chi connectivity index (χ2v) is 9.04. The Morgan fingerprint density at radius 1 is 1.41 bits per heavy atom. The standard InChI is InChI=1S/C19H27ClN2O6S/c1-4-22(12-13(2)19(24)27-3)18(23)14-7-8-16(20)17(10-14)29(25,26)21-11-15-6-5-9-28-15/h7-8,10,13,15,21H,4-6,9,11-12H2,1-3H3. The van der Waals surface area contributed by atoms with Gasteiger partial charge in [0, 0.05) is 31.8 Å². The van der Waals surface area contributed by atoms with Crippen molar-refractivity contribution in [3.8, 4) is 0 Å². The minimum absolute atomic E-state index is 0.0207. The molecule has 0 radical (unpaired) electrons. The number of esters is 1. The van der Waals surface area contributed by atoms with Crippen LogP contribution in [0.2, 0.25) is 5.02 Å². The highest BCUT2D eigenvalue weighted by atomic mass is 35.5. The van der Waals surface area contributed by atoms with E-state index in [1.54, 1.807) is 13.8 Å². The number of ether oxygens (including phenoxy) is 2. The third-order valence-electron chi connectivity index (χ3n) is 4.76. The van der Waals surface area contributed by atoms with Gasteiger partial charge in [-0.25, -0.2) is 13.1 Å². The summed E-state index contributed by atoms with van der Waals surface area (Å²) in [7, 11) is -2.63. The van der Waals surface area contributed by atoms with Crippen LogP contribution in [0.1, 0.15) is 37.0 Å². The third-order valence-corrected chi connectivity index (χ3v) is 6.66. The predicted octanol–water partition coefficient (Wildman–Crippen LogP) is 2.07. The Hall–Kier alpha value is -1.68. The molecule has 2 unspecified atom stereocenters. The highest BCUT2D eigenvalue weighted by molar-refractivity contribution is 7.89. The normalized spacial score (nSPS) is 17.7. The van der Waals surface area contributed by atoms with Crippen molar-refractivity contribution in [1.82, 2.24) is 9.62 Å². The molecular formula is C19H27ClN2O6S. The second-order valence-electron chi connectivity index (χ2n) is 6.90. The largest absolute Gasteiger partial charge is 0.469 e. The van der Waals surface area contributed by atoms with E-state index in [4.69, 9.17) is 21.1 Å². The molecule has 162 valence electrons. The average molecular weight is 447 g/mol. The van der Waals surface area contributed by atoms with E-state index in [0.29, 0.717) is 13.2 Å². The van der Waals surface area contributed by atoms with Crippen LogP contribution in [0.25, 0.3) is 0 Å². The first-order valence-corrected chi connectivity index (χ1v) is 11.3. The van der Waals surface area contributed by atoms with Crippen LogP contribution < -0.4 is 4.72 Å². The number of benzene rings is 1.